The van der Waals surface area contributed by atoms with Crippen LogP contribution in [0.1, 0.15) is 37.7 Å². The molecule has 1 aromatic heterocycles. The molecular weight excluding hydrogens is 334 g/mol. The molecule has 4 rings (SSSR count). The first-order chi connectivity index (χ1) is 12.3. The molecular formula is C20H26ClN3O. The van der Waals surface area contributed by atoms with Crippen molar-refractivity contribution in [2.75, 3.05) is 31.1 Å². The van der Waals surface area contributed by atoms with Gasteiger partial charge in [0, 0.05) is 43.7 Å². The summed E-state index contributed by atoms with van der Waals surface area (Å²) in [4.78, 5) is 7.15. The number of hydrogen-bond donors (Lipinski definition) is 1. The van der Waals surface area contributed by atoms with E-state index in [-0.39, 0.29) is 0 Å². The first-order valence-corrected chi connectivity index (χ1v) is 9.85. The Morgan fingerprint density at radius 2 is 2.00 bits per heavy atom. The van der Waals surface area contributed by atoms with E-state index in [0.29, 0.717) is 11.3 Å². The van der Waals surface area contributed by atoms with Crippen molar-refractivity contribution in [2.45, 2.75) is 44.8 Å². The van der Waals surface area contributed by atoms with Gasteiger partial charge in [0.15, 0.2) is 0 Å². The lowest BCUT2D eigenvalue weighted by Crippen LogP contribution is -2.32. The standard InChI is InChI=1S/C20H26ClN3O/c21-20-17(14-22-13-15-7-6-12-25-15)19(24-10-4-1-5-11-24)16-8-2-3-9-18(16)23-20/h2-3,8-9,15,22H,1,4-7,10-14H2/t15-/m0/s1. The Kier molecular flexibility index (Phi) is 5.39. The zero-order chi connectivity index (χ0) is 17.1. The minimum Gasteiger partial charge on any atom is -0.377 e. The Balaban J connectivity index is 1.64. The number of rotatable bonds is 5. The Morgan fingerprint density at radius 1 is 1.16 bits per heavy atom. The van der Waals surface area contributed by atoms with E-state index in [9.17, 15) is 0 Å². The van der Waals surface area contributed by atoms with Crippen LogP contribution in [0, 0.1) is 0 Å². The van der Waals surface area contributed by atoms with E-state index in [0.717, 1.165) is 50.3 Å². The number of pyridine rings is 1. The average molecular weight is 360 g/mol. The monoisotopic (exact) mass is 359 g/mol. The van der Waals surface area contributed by atoms with Crippen molar-refractivity contribution in [1.82, 2.24) is 10.3 Å². The largest absolute Gasteiger partial charge is 0.377 e. The molecule has 0 saturated carbocycles. The maximum atomic E-state index is 6.61. The van der Waals surface area contributed by atoms with Crippen molar-refractivity contribution >= 4 is 28.2 Å². The van der Waals surface area contributed by atoms with Crippen molar-refractivity contribution in [1.29, 1.82) is 0 Å². The number of halogens is 1. The summed E-state index contributed by atoms with van der Waals surface area (Å²) in [5.41, 5.74) is 3.38. The number of benzene rings is 1. The third-order valence-corrected chi connectivity index (χ3v) is 5.60. The number of ether oxygens (including phenoxy) is 1. The predicted molar refractivity (Wildman–Crippen MR) is 103 cm³/mol. The molecule has 0 radical (unpaired) electrons. The smallest absolute Gasteiger partial charge is 0.136 e. The summed E-state index contributed by atoms with van der Waals surface area (Å²) in [5.74, 6) is 0. The van der Waals surface area contributed by atoms with Crippen molar-refractivity contribution in [2.24, 2.45) is 0 Å². The lowest BCUT2D eigenvalue weighted by molar-refractivity contribution is 0.110. The zero-order valence-electron chi connectivity index (χ0n) is 14.6. The molecule has 5 heteroatoms. The summed E-state index contributed by atoms with van der Waals surface area (Å²) in [6.45, 7) is 4.71. The first-order valence-electron chi connectivity index (χ1n) is 9.47. The predicted octanol–water partition coefficient (Wildman–Crippen LogP) is 4.15. The number of para-hydroxylation sites is 1. The number of hydrogen-bond acceptors (Lipinski definition) is 4. The van der Waals surface area contributed by atoms with Crippen molar-refractivity contribution in [3.63, 3.8) is 0 Å². The molecule has 2 saturated heterocycles. The van der Waals surface area contributed by atoms with Gasteiger partial charge >= 0.3 is 0 Å². The van der Waals surface area contributed by atoms with Crippen LogP contribution in [0.2, 0.25) is 5.15 Å². The molecule has 2 aromatic rings. The van der Waals surface area contributed by atoms with Gasteiger partial charge in [0.05, 0.1) is 17.3 Å². The highest BCUT2D eigenvalue weighted by atomic mass is 35.5. The molecule has 2 fully saturated rings. The summed E-state index contributed by atoms with van der Waals surface area (Å²) in [7, 11) is 0. The van der Waals surface area contributed by atoms with E-state index in [1.165, 1.54) is 36.8 Å². The number of fused-ring (bicyclic) bond motifs is 1. The van der Waals surface area contributed by atoms with E-state index < -0.39 is 0 Å². The molecule has 134 valence electrons. The summed E-state index contributed by atoms with van der Waals surface area (Å²) >= 11 is 6.61. The van der Waals surface area contributed by atoms with Gasteiger partial charge < -0.3 is 15.0 Å². The summed E-state index contributed by atoms with van der Waals surface area (Å²) in [5, 5.41) is 5.39. The molecule has 0 aliphatic carbocycles. The van der Waals surface area contributed by atoms with Crippen LogP contribution in [-0.2, 0) is 11.3 Å². The van der Waals surface area contributed by atoms with Gasteiger partial charge in [-0.15, -0.1) is 0 Å². The number of nitrogens with zero attached hydrogens (tertiary/aromatic N) is 2. The third kappa shape index (κ3) is 3.76. The van der Waals surface area contributed by atoms with E-state index >= 15 is 0 Å². The number of anilines is 1. The van der Waals surface area contributed by atoms with Crippen LogP contribution in [0.5, 0.6) is 0 Å². The van der Waals surface area contributed by atoms with Crippen LogP contribution in [0.4, 0.5) is 5.69 Å². The van der Waals surface area contributed by atoms with E-state index in [4.69, 9.17) is 16.3 Å². The van der Waals surface area contributed by atoms with Crippen molar-refractivity contribution < 1.29 is 4.74 Å². The average Bonchev–Trinajstić information content (AvgIpc) is 3.16. The van der Waals surface area contributed by atoms with Gasteiger partial charge in [-0.25, -0.2) is 4.98 Å². The van der Waals surface area contributed by atoms with Crippen LogP contribution >= 0.6 is 11.6 Å². The van der Waals surface area contributed by atoms with Gasteiger partial charge in [-0.2, -0.15) is 0 Å². The normalized spacial score (nSPS) is 21.2. The van der Waals surface area contributed by atoms with Gasteiger partial charge in [-0.1, -0.05) is 29.8 Å². The number of aromatic nitrogens is 1. The van der Waals surface area contributed by atoms with Crippen molar-refractivity contribution in [3.8, 4) is 0 Å². The summed E-state index contributed by atoms with van der Waals surface area (Å²) in [6.07, 6.45) is 6.47. The SMILES string of the molecule is Clc1nc2ccccc2c(N2CCCCC2)c1CNC[C@@H]1CCCO1. The second kappa shape index (κ2) is 7.90. The van der Waals surface area contributed by atoms with Gasteiger partial charge in [0.25, 0.3) is 0 Å². The molecule has 1 N–H and O–H groups in total. The molecule has 0 amide bonds. The molecule has 1 aromatic carbocycles. The lowest BCUT2D eigenvalue weighted by atomic mass is 10.0. The second-order valence-electron chi connectivity index (χ2n) is 7.06. The summed E-state index contributed by atoms with van der Waals surface area (Å²) < 4.78 is 5.72. The molecule has 1 atom stereocenters. The Labute approximate surface area is 154 Å². The topological polar surface area (TPSA) is 37.4 Å². The molecule has 3 heterocycles. The maximum absolute atomic E-state index is 6.61. The third-order valence-electron chi connectivity index (χ3n) is 5.28. The van der Waals surface area contributed by atoms with Crippen LogP contribution in [-0.4, -0.2) is 37.3 Å². The number of piperidine rings is 1. The van der Waals surface area contributed by atoms with Gasteiger partial charge in [0.1, 0.15) is 5.15 Å². The Bertz CT molecular complexity index is 724. The molecule has 2 aliphatic heterocycles. The van der Waals surface area contributed by atoms with E-state index in [1.54, 1.807) is 0 Å². The Hall–Kier alpha value is -1.36. The highest BCUT2D eigenvalue weighted by Gasteiger charge is 2.21. The quantitative estimate of drug-likeness (QED) is 0.814. The van der Waals surface area contributed by atoms with Crippen LogP contribution < -0.4 is 10.2 Å². The molecule has 0 spiro atoms. The zero-order valence-corrected chi connectivity index (χ0v) is 15.4. The molecule has 2 aliphatic rings. The maximum Gasteiger partial charge on any atom is 0.136 e. The lowest BCUT2D eigenvalue weighted by Gasteiger charge is -2.32. The highest BCUT2D eigenvalue weighted by molar-refractivity contribution is 6.31. The van der Waals surface area contributed by atoms with E-state index in [1.807, 2.05) is 6.07 Å². The minimum absolute atomic E-state index is 0.339. The second-order valence-corrected chi connectivity index (χ2v) is 7.42. The van der Waals surface area contributed by atoms with Gasteiger partial charge in [0.2, 0.25) is 0 Å². The Morgan fingerprint density at radius 3 is 2.80 bits per heavy atom. The van der Waals surface area contributed by atoms with Crippen molar-refractivity contribution in [3.05, 3.63) is 35.0 Å². The minimum atomic E-state index is 0.339. The first kappa shape index (κ1) is 17.1. The van der Waals surface area contributed by atoms with Crippen LogP contribution in [0.25, 0.3) is 10.9 Å². The fourth-order valence-corrected chi connectivity index (χ4v) is 4.25. The number of nitrogens with one attached hydrogen (secondary N) is 1. The highest BCUT2D eigenvalue weighted by Crippen LogP contribution is 2.35. The molecule has 0 unspecified atom stereocenters. The summed E-state index contributed by atoms with van der Waals surface area (Å²) in [6, 6.07) is 8.35. The molecule has 0 bridgehead atoms. The molecule has 4 nitrogen and oxygen atoms in total. The fraction of sp³-hybridized carbons (Fsp3) is 0.550. The van der Waals surface area contributed by atoms with E-state index in [2.05, 4.69) is 33.4 Å². The van der Waals surface area contributed by atoms with Crippen LogP contribution in [0.3, 0.4) is 0 Å². The van der Waals surface area contributed by atoms with Gasteiger partial charge in [-0.05, 0) is 38.2 Å². The van der Waals surface area contributed by atoms with Gasteiger partial charge in [-0.3, -0.25) is 0 Å². The van der Waals surface area contributed by atoms with Crippen LogP contribution in [0.15, 0.2) is 24.3 Å². The fourth-order valence-electron chi connectivity index (χ4n) is 4.00. The molecule has 25 heavy (non-hydrogen) atoms.